The Balaban J connectivity index is 2.70. The number of methoxy groups -OCH3 is 2. The Hall–Kier alpha value is -1.20. The molecule has 0 aromatic carbocycles. The quantitative estimate of drug-likeness (QED) is 0.705. The Kier molecular flexibility index (Phi) is 6.60. The molecular formula is C13H23N3O2. The normalized spacial score (nSPS) is 10.9. The van der Waals surface area contributed by atoms with Crippen molar-refractivity contribution in [3.8, 4) is 0 Å². The zero-order chi connectivity index (χ0) is 13.4. The summed E-state index contributed by atoms with van der Waals surface area (Å²) in [4.78, 5) is 10.9. The van der Waals surface area contributed by atoms with E-state index >= 15 is 0 Å². The van der Waals surface area contributed by atoms with Crippen molar-refractivity contribution in [2.24, 2.45) is 0 Å². The molecule has 5 heteroatoms. The third-order valence-corrected chi connectivity index (χ3v) is 2.67. The molecule has 0 aliphatic rings. The molecule has 0 radical (unpaired) electrons. The highest BCUT2D eigenvalue weighted by Crippen LogP contribution is 2.14. The van der Waals surface area contributed by atoms with Gasteiger partial charge in [0.15, 0.2) is 0 Å². The molecule has 0 saturated carbocycles. The van der Waals surface area contributed by atoms with E-state index in [9.17, 15) is 0 Å². The Morgan fingerprint density at radius 3 is 1.94 bits per heavy atom. The number of hydrogen-bond donors (Lipinski definition) is 0. The molecule has 0 fully saturated rings. The summed E-state index contributed by atoms with van der Waals surface area (Å²) >= 11 is 0. The molecule has 0 atom stereocenters. The van der Waals surface area contributed by atoms with Gasteiger partial charge < -0.3 is 14.4 Å². The number of hydrogen-bond acceptors (Lipinski definition) is 5. The van der Waals surface area contributed by atoms with Crippen molar-refractivity contribution >= 4 is 5.69 Å². The van der Waals surface area contributed by atoms with Crippen molar-refractivity contribution in [3.05, 3.63) is 18.2 Å². The molecule has 0 N–H and O–H groups in total. The Bertz CT molecular complexity index is 320. The van der Waals surface area contributed by atoms with Gasteiger partial charge >= 0.3 is 0 Å². The first-order valence-corrected chi connectivity index (χ1v) is 6.23. The fraction of sp³-hybridized carbons (Fsp3) is 0.692. The van der Waals surface area contributed by atoms with Gasteiger partial charge in [0.2, 0.25) is 0 Å². The molecule has 0 spiro atoms. The molecule has 0 aliphatic carbocycles. The highest BCUT2D eigenvalue weighted by Gasteiger charge is 2.08. The maximum Gasteiger partial charge on any atom is 0.130 e. The highest BCUT2D eigenvalue weighted by atomic mass is 16.5. The molecule has 0 amide bonds. The summed E-state index contributed by atoms with van der Waals surface area (Å²) in [6.45, 7) is 7.14. The summed E-state index contributed by atoms with van der Waals surface area (Å²) in [5.74, 6) is 1.22. The molecule has 5 nitrogen and oxygen atoms in total. The number of rotatable bonds is 8. The SMILES string of the molecule is COCCN(CCOC)c1cnc(C(C)C)nc1. The van der Waals surface area contributed by atoms with Crippen molar-refractivity contribution in [1.82, 2.24) is 9.97 Å². The van der Waals surface area contributed by atoms with Crippen LogP contribution in [0.25, 0.3) is 0 Å². The van der Waals surface area contributed by atoms with Crippen LogP contribution in [0.1, 0.15) is 25.6 Å². The van der Waals surface area contributed by atoms with Crippen LogP contribution in [-0.2, 0) is 9.47 Å². The largest absolute Gasteiger partial charge is 0.383 e. The molecular weight excluding hydrogens is 230 g/mol. The second kappa shape index (κ2) is 8.00. The van der Waals surface area contributed by atoms with Crippen molar-refractivity contribution in [2.75, 3.05) is 45.4 Å². The van der Waals surface area contributed by atoms with Gasteiger partial charge in [0, 0.05) is 33.2 Å². The molecule has 102 valence electrons. The lowest BCUT2D eigenvalue weighted by Gasteiger charge is -2.23. The Morgan fingerprint density at radius 1 is 1.06 bits per heavy atom. The zero-order valence-electron chi connectivity index (χ0n) is 11.7. The Morgan fingerprint density at radius 2 is 1.56 bits per heavy atom. The van der Waals surface area contributed by atoms with Crippen LogP contribution in [0.2, 0.25) is 0 Å². The van der Waals surface area contributed by atoms with E-state index in [1.807, 2.05) is 12.4 Å². The average molecular weight is 253 g/mol. The molecule has 0 aliphatic heterocycles. The molecule has 0 saturated heterocycles. The third-order valence-electron chi connectivity index (χ3n) is 2.67. The summed E-state index contributed by atoms with van der Waals surface area (Å²) in [6, 6.07) is 0. The molecule has 1 aromatic heterocycles. The first-order chi connectivity index (χ1) is 8.69. The number of nitrogens with zero attached hydrogens (tertiary/aromatic N) is 3. The third kappa shape index (κ3) is 4.58. The van der Waals surface area contributed by atoms with E-state index in [2.05, 4.69) is 28.7 Å². The van der Waals surface area contributed by atoms with Crippen LogP contribution in [0, 0.1) is 0 Å². The first-order valence-electron chi connectivity index (χ1n) is 6.23. The van der Waals surface area contributed by atoms with Crippen molar-refractivity contribution in [1.29, 1.82) is 0 Å². The lowest BCUT2D eigenvalue weighted by Crippen LogP contribution is -2.30. The summed E-state index contributed by atoms with van der Waals surface area (Å²) in [5, 5.41) is 0. The highest BCUT2D eigenvalue weighted by molar-refractivity contribution is 5.41. The minimum absolute atomic E-state index is 0.352. The topological polar surface area (TPSA) is 47.5 Å². The predicted molar refractivity (Wildman–Crippen MR) is 72.1 cm³/mol. The summed E-state index contributed by atoms with van der Waals surface area (Å²) in [6.07, 6.45) is 3.74. The molecule has 1 rings (SSSR count). The van der Waals surface area contributed by atoms with Gasteiger partial charge in [-0.15, -0.1) is 0 Å². The lowest BCUT2D eigenvalue weighted by atomic mass is 10.2. The summed E-state index contributed by atoms with van der Waals surface area (Å²) in [7, 11) is 3.40. The monoisotopic (exact) mass is 253 g/mol. The van der Waals surface area contributed by atoms with Crippen LogP contribution in [0.4, 0.5) is 5.69 Å². The lowest BCUT2D eigenvalue weighted by molar-refractivity contribution is 0.190. The van der Waals surface area contributed by atoms with Gasteiger partial charge in [-0.05, 0) is 0 Å². The zero-order valence-corrected chi connectivity index (χ0v) is 11.7. The maximum absolute atomic E-state index is 5.11. The van der Waals surface area contributed by atoms with E-state index in [1.165, 1.54) is 0 Å². The summed E-state index contributed by atoms with van der Waals surface area (Å²) < 4.78 is 10.2. The van der Waals surface area contributed by atoms with E-state index in [-0.39, 0.29) is 0 Å². The number of anilines is 1. The van der Waals surface area contributed by atoms with Gasteiger partial charge in [0.05, 0.1) is 31.3 Å². The standard InChI is InChI=1S/C13H23N3O2/c1-11(2)13-14-9-12(10-15-13)16(5-7-17-3)6-8-18-4/h9-11H,5-8H2,1-4H3. The van der Waals surface area contributed by atoms with E-state index in [1.54, 1.807) is 14.2 Å². The van der Waals surface area contributed by atoms with Gasteiger partial charge in [0.1, 0.15) is 5.82 Å². The maximum atomic E-state index is 5.11. The minimum Gasteiger partial charge on any atom is -0.383 e. The van der Waals surface area contributed by atoms with E-state index in [4.69, 9.17) is 9.47 Å². The van der Waals surface area contributed by atoms with Crippen molar-refractivity contribution in [2.45, 2.75) is 19.8 Å². The predicted octanol–water partition coefficient (Wildman–Crippen LogP) is 1.70. The first kappa shape index (κ1) is 14.9. The van der Waals surface area contributed by atoms with Crippen molar-refractivity contribution in [3.63, 3.8) is 0 Å². The minimum atomic E-state index is 0.352. The van der Waals surface area contributed by atoms with E-state index in [0.29, 0.717) is 19.1 Å². The molecule has 1 heterocycles. The fourth-order valence-electron chi connectivity index (χ4n) is 1.57. The second-order valence-electron chi connectivity index (χ2n) is 4.43. The van der Waals surface area contributed by atoms with Crippen molar-refractivity contribution < 1.29 is 9.47 Å². The van der Waals surface area contributed by atoms with Gasteiger partial charge in [-0.1, -0.05) is 13.8 Å². The van der Waals surface area contributed by atoms with Gasteiger partial charge in [-0.3, -0.25) is 0 Å². The van der Waals surface area contributed by atoms with Crippen LogP contribution in [0.3, 0.4) is 0 Å². The summed E-state index contributed by atoms with van der Waals surface area (Å²) in [5.41, 5.74) is 1.01. The van der Waals surface area contributed by atoms with Gasteiger partial charge in [-0.25, -0.2) is 9.97 Å². The van der Waals surface area contributed by atoms with Crippen LogP contribution in [0.5, 0.6) is 0 Å². The second-order valence-corrected chi connectivity index (χ2v) is 4.43. The number of aromatic nitrogens is 2. The average Bonchev–Trinajstić information content (AvgIpc) is 2.39. The molecule has 0 unspecified atom stereocenters. The van der Waals surface area contributed by atoms with Gasteiger partial charge in [0.25, 0.3) is 0 Å². The van der Waals surface area contributed by atoms with E-state index in [0.717, 1.165) is 24.6 Å². The molecule has 1 aromatic rings. The van der Waals surface area contributed by atoms with Crippen LogP contribution in [0.15, 0.2) is 12.4 Å². The fourth-order valence-corrected chi connectivity index (χ4v) is 1.57. The van der Waals surface area contributed by atoms with Crippen LogP contribution >= 0.6 is 0 Å². The van der Waals surface area contributed by atoms with Gasteiger partial charge in [-0.2, -0.15) is 0 Å². The molecule has 18 heavy (non-hydrogen) atoms. The number of ether oxygens (including phenoxy) is 2. The van der Waals surface area contributed by atoms with Crippen LogP contribution in [-0.4, -0.2) is 50.5 Å². The Labute approximate surface area is 109 Å². The molecule has 0 bridgehead atoms. The van der Waals surface area contributed by atoms with E-state index < -0.39 is 0 Å². The van der Waals surface area contributed by atoms with Crippen LogP contribution < -0.4 is 4.90 Å². The smallest absolute Gasteiger partial charge is 0.130 e.